The van der Waals surface area contributed by atoms with Gasteiger partial charge in [0, 0.05) is 13.2 Å². The Morgan fingerprint density at radius 2 is 2.47 bits per heavy atom. The molecule has 0 amide bonds. The Balaban J connectivity index is 2.29. The average molecular weight is 228 g/mol. The molecule has 0 saturated carbocycles. The van der Waals surface area contributed by atoms with Crippen LogP contribution in [0.5, 0.6) is 0 Å². The van der Waals surface area contributed by atoms with Crippen LogP contribution in [0.2, 0.25) is 0 Å². The van der Waals surface area contributed by atoms with Gasteiger partial charge in [0.1, 0.15) is 5.25 Å². The molecule has 0 bridgehead atoms. The zero-order valence-electron chi connectivity index (χ0n) is 9.01. The van der Waals surface area contributed by atoms with Crippen LogP contribution in [0, 0.1) is 0 Å². The molecule has 1 aromatic rings. The van der Waals surface area contributed by atoms with Crippen molar-refractivity contribution < 1.29 is 9.90 Å². The molecule has 0 aliphatic rings. The van der Waals surface area contributed by atoms with Crippen LogP contribution in [0.25, 0.3) is 0 Å². The lowest BCUT2D eigenvalue weighted by Gasteiger charge is -2.07. The predicted molar refractivity (Wildman–Crippen MR) is 61.1 cm³/mol. The summed E-state index contributed by atoms with van der Waals surface area (Å²) in [4.78, 5) is 10.7. The van der Waals surface area contributed by atoms with Crippen LogP contribution in [-0.2, 0) is 18.3 Å². The molecule has 0 saturated heterocycles. The molecule has 1 heterocycles. The van der Waals surface area contributed by atoms with E-state index in [0.717, 1.165) is 17.7 Å². The van der Waals surface area contributed by atoms with Gasteiger partial charge in [-0.1, -0.05) is 6.92 Å². The molecule has 1 unspecified atom stereocenters. The number of carbonyl (C=O) groups is 1. The zero-order chi connectivity index (χ0) is 11.3. The molecule has 1 N–H and O–H groups in total. The monoisotopic (exact) mass is 228 g/mol. The zero-order valence-corrected chi connectivity index (χ0v) is 9.83. The van der Waals surface area contributed by atoms with Crippen LogP contribution in [-0.4, -0.2) is 31.9 Å². The first-order valence-electron chi connectivity index (χ1n) is 4.95. The first-order chi connectivity index (χ1) is 7.13. The van der Waals surface area contributed by atoms with E-state index in [-0.39, 0.29) is 5.25 Å². The van der Waals surface area contributed by atoms with Gasteiger partial charge in [0.25, 0.3) is 0 Å². The number of carboxylic acids is 1. The Labute approximate surface area is 93.7 Å². The highest BCUT2D eigenvalue weighted by atomic mass is 32.2. The fourth-order valence-corrected chi connectivity index (χ4v) is 2.30. The molecule has 0 aromatic carbocycles. The third-order valence-corrected chi connectivity index (χ3v) is 3.49. The van der Waals surface area contributed by atoms with E-state index in [1.807, 2.05) is 26.4 Å². The van der Waals surface area contributed by atoms with Crippen LogP contribution in [0.3, 0.4) is 0 Å². The summed E-state index contributed by atoms with van der Waals surface area (Å²) in [6.45, 7) is 1.90. The minimum absolute atomic E-state index is 0.276. The number of aryl methyl sites for hydroxylation is 2. The number of nitrogens with zero attached hydrogens (tertiary/aromatic N) is 2. The van der Waals surface area contributed by atoms with Crippen LogP contribution >= 0.6 is 11.8 Å². The Morgan fingerprint density at radius 1 is 1.73 bits per heavy atom. The van der Waals surface area contributed by atoms with Gasteiger partial charge in [0.2, 0.25) is 0 Å². The molecule has 0 fully saturated rings. The van der Waals surface area contributed by atoms with Crippen molar-refractivity contribution in [3.63, 3.8) is 0 Å². The summed E-state index contributed by atoms with van der Waals surface area (Å²) in [7, 11) is 1.88. The van der Waals surface area contributed by atoms with Crippen LogP contribution in [0.15, 0.2) is 12.4 Å². The van der Waals surface area contributed by atoms with E-state index >= 15 is 0 Å². The normalized spacial score (nSPS) is 12.7. The highest BCUT2D eigenvalue weighted by Gasteiger charge is 2.14. The maximum atomic E-state index is 10.7. The molecule has 15 heavy (non-hydrogen) atoms. The van der Waals surface area contributed by atoms with E-state index in [9.17, 15) is 4.79 Å². The van der Waals surface area contributed by atoms with Gasteiger partial charge < -0.3 is 5.11 Å². The summed E-state index contributed by atoms with van der Waals surface area (Å²) in [5.41, 5.74) is 1.16. The van der Waals surface area contributed by atoms with Gasteiger partial charge in [-0.25, -0.2) is 0 Å². The minimum atomic E-state index is -0.714. The van der Waals surface area contributed by atoms with Crippen molar-refractivity contribution in [1.29, 1.82) is 0 Å². The molecule has 5 heteroatoms. The molecular weight excluding hydrogens is 212 g/mol. The third kappa shape index (κ3) is 3.95. The van der Waals surface area contributed by atoms with Crippen molar-refractivity contribution >= 4 is 17.7 Å². The fraction of sp³-hybridized carbons (Fsp3) is 0.600. The maximum absolute atomic E-state index is 10.7. The number of hydrogen-bond donors (Lipinski definition) is 1. The second-order valence-corrected chi connectivity index (χ2v) is 4.69. The lowest BCUT2D eigenvalue weighted by Crippen LogP contribution is -2.15. The summed E-state index contributed by atoms with van der Waals surface area (Å²) in [5.74, 6) is 0.116. The quantitative estimate of drug-likeness (QED) is 0.802. The summed E-state index contributed by atoms with van der Waals surface area (Å²) < 4.78 is 1.76. The van der Waals surface area contributed by atoms with Gasteiger partial charge in [-0.2, -0.15) is 5.10 Å². The topological polar surface area (TPSA) is 55.1 Å². The number of thioether (sulfide) groups is 1. The van der Waals surface area contributed by atoms with Gasteiger partial charge in [-0.15, -0.1) is 11.8 Å². The molecule has 84 valence electrons. The fourth-order valence-electron chi connectivity index (χ4n) is 1.28. The number of aliphatic carboxylic acids is 1. The molecule has 1 atom stereocenters. The van der Waals surface area contributed by atoms with Crippen molar-refractivity contribution in [3.05, 3.63) is 18.0 Å². The number of rotatable bonds is 6. The van der Waals surface area contributed by atoms with Gasteiger partial charge in [-0.3, -0.25) is 9.48 Å². The van der Waals surface area contributed by atoms with Gasteiger partial charge in [-0.05, 0) is 24.2 Å². The molecule has 1 aromatic heterocycles. The molecule has 1 rings (SSSR count). The van der Waals surface area contributed by atoms with Crippen molar-refractivity contribution in [2.24, 2.45) is 7.05 Å². The largest absolute Gasteiger partial charge is 0.480 e. The number of hydrogen-bond acceptors (Lipinski definition) is 3. The lowest BCUT2D eigenvalue weighted by molar-refractivity contribution is -0.136. The van der Waals surface area contributed by atoms with Crippen LogP contribution in [0.4, 0.5) is 0 Å². The SMILES string of the molecule is CCC(SCCc1cnn(C)c1)C(=O)O. The van der Waals surface area contributed by atoms with E-state index in [0.29, 0.717) is 6.42 Å². The predicted octanol–water partition coefficient (Wildman–Crippen LogP) is 1.56. The van der Waals surface area contributed by atoms with Crippen molar-refractivity contribution in [2.75, 3.05) is 5.75 Å². The Kier molecular flexibility index (Phi) is 4.68. The molecule has 0 aliphatic heterocycles. The average Bonchev–Trinajstić information content (AvgIpc) is 2.58. The van der Waals surface area contributed by atoms with Crippen molar-refractivity contribution in [1.82, 2.24) is 9.78 Å². The van der Waals surface area contributed by atoms with Crippen molar-refractivity contribution in [2.45, 2.75) is 25.0 Å². The van der Waals surface area contributed by atoms with Gasteiger partial charge in [0.05, 0.1) is 6.20 Å². The first kappa shape index (κ1) is 12.1. The van der Waals surface area contributed by atoms with Gasteiger partial charge >= 0.3 is 5.97 Å². The Morgan fingerprint density at radius 3 is 2.93 bits per heavy atom. The molecule has 0 radical (unpaired) electrons. The van der Waals surface area contributed by atoms with E-state index in [2.05, 4.69) is 5.10 Å². The molecule has 4 nitrogen and oxygen atoms in total. The highest BCUT2D eigenvalue weighted by molar-refractivity contribution is 8.00. The maximum Gasteiger partial charge on any atom is 0.316 e. The second-order valence-electron chi connectivity index (χ2n) is 3.38. The van der Waals surface area contributed by atoms with E-state index < -0.39 is 5.97 Å². The van der Waals surface area contributed by atoms with Crippen molar-refractivity contribution in [3.8, 4) is 0 Å². The third-order valence-electron chi connectivity index (χ3n) is 2.11. The Hall–Kier alpha value is -0.970. The highest BCUT2D eigenvalue weighted by Crippen LogP contribution is 2.16. The second kappa shape index (κ2) is 5.80. The first-order valence-corrected chi connectivity index (χ1v) is 6.00. The number of carboxylic acid groups (broad SMARTS) is 1. The minimum Gasteiger partial charge on any atom is -0.480 e. The summed E-state index contributed by atoms with van der Waals surface area (Å²) in [5, 5.41) is 12.6. The Bertz CT molecular complexity index is 325. The van der Waals surface area contributed by atoms with Crippen LogP contribution in [0.1, 0.15) is 18.9 Å². The van der Waals surface area contributed by atoms with E-state index in [4.69, 9.17) is 5.11 Å². The summed E-state index contributed by atoms with van der Waals surface area (Å²) >= 11 is 1.50. The molecule has 0 spiro atoms. The molecular formula is C10H16N2O2S. The lowest BCUT2D eigenvalue weighted by atomic mass is 10.3. The summed E-state index contributed by atoms with van der Waals surface area (Å²) in [6.07, 6.45) is 5.33. The molecule has 0 aliphatic carbocycles. The standard InChI is InChI=1S/C10H16N2O2S/c1-3-9(10(13)14)15-5-4-8-6-11-12(2)7-8/h6-7,9H,3-5H2,1-2H3,(H,13,14). The smallest absolute Gasteiger partial charge is 0.316 e. The van der Waals surface area contributed by atoms with Crippen LogP contribution < -0.4 is 0 Å². The summed E-state index contributed by atoms with van der Waals surface area (Å²) in [6, 6.07) is 0. The number of aromatic nitrogens is 2. The van der Waals surface area contributed by atoms with Gasteiger partial charge in [0.15, 0.2) is 0 Å². The van der Waals surface area contributed by atoms with E-state index in [1.54, 1.807) is 4.68 Å². The van der Waals surface area contributed by atoms with E-state index in [1.165, 1.54) is 11.8 Å².